The van der Waals surface area contributed by atoms with E-state index in [0.29, 0.717) is 49.7 Å². The fourth-order valence-electron chi connectivity index (χ4n) is 6.41. The quantitative estimate of drug-likeness (QED) is 0.180. The molecule has 2 amide bonds. The number of ether oxygens (including phenoxy) is 1. The van der Waals surface area contributed by atoms with Crippen molar-refractivity contribution < 1.29 is 24.2 Å². The number of likely N-dealkylation sites (tertiary alicyclic amines) is 1. The number of amides is 2. The summed E-state index contributed by atoms with van der Waals surface area (Å²) in [5.41, 5.74) is 0.690. The average molecular weight is 575 g/mol. The zero-order chi connectivity index (χ0) is 28.0. The smallest absolute Gasteiger partial charge is 0.310 e. The zero-order valence-corrected chi connectivity index (χ0v) is 24.0. The Balaban J connectivity index is 1.64. The second kappa shape index (κ2) is 13.4. The van der Waals surface area contributed by atoms with Gasteiger partial charge in [-0.3, -0.25) is 14.4 Å². The van der Waals surface area contributed by atoms with Crippen molar-refractivity contribution in [2.75, 3.05) is 31.2 Å². The Morgan fingerprint density at radius 1 is 1.15 bits per heavy atom. The molecule has 1 N–H and O–H groups in total. The van der Waals surface area contributed by atoms with Crippen molar-refractivity contribution in [3.05, 3.63) is 54.6 Å². The SMILES string of the molecule is C=CCCCOC(=O)[C@@H]1[C@@H]2CCC3(S2)C(C(=O)N(CC=C)c2ccc(Cl)cc2)N(CCCCCCO)C(=O)[C@H]13. The number of aliphatic hydroxyl groups is 1. The Bertz CT molecular complexity index is 1070. The van der Waals surface area contributed by atoms with Gasteiger partial charge in [0.2, 0.25) is 5.91 Å². The number of fused-ring (bicyclic) bond motifs is 1. The Hall–Kier alpha value is -2.29. The summed E-state index contributed by atoms with van der Waals surface area (Å²) in [6, 6.07) is 6.41. The van der Waals surface area contributed by atoms with Crippen LogP contribution in [0.3, 0.4) is 0 Å². The minimum atomic E-state index is -0.683. The first-order valence-corrected chi connectivity index (χ1v) is 15.2. The van der Waals surface area contributed by atoms with Crippen LogP contribution in [0.5, 0.6) is 0 Å². The fourth-order valence-corrected chi connectivity index (χ4v) is 8.73. The third kappa shape index (κ3) is 5.93. The van der Waals surface area contributed by atoms with Gasteiger partial charge < -0.3 is 19.6 Å². The van der Waals surface area contributed by atoms with E-state index in [2.05, 4.69) is 13.2 Å². The third-order valence-electron chi connectivity index (χ3n) is 8.13. The Kier molecular flexibility index (Phi) is 10.2. The number of halogens is 1. The van der Waals surface area contributed by atoms with Gasteiger partial charge >= 0.3 is 5.97 Å². The van der Waals surface area contributed by atoms with Crippen LogP contribution in [0.2, 0.25) is 5.02 Å². The molecule has 2 bridgehead atoms. The molecule has 1 spiro atoms. The normalized spacial score (nSPS) is 26.9. The maximum Gasteiger partial charge on any atom is 0.310 e. The lowest BCUT2D eigenvalue weighted by Crippen LogP contribution is -2.55. The predicted octanol–water partition coefficient (Wildman–Crippen LogP) is 5.01. The molecule has 39 heavy (non-hydrogen) atoms. The van der Waals surface area contributed by atoms with Crippen molar-refractivity contribution in [3.63, 3.8) is 0 Å². The first-order chi connectivity index (χ1) is 18.9. The number of hydrogen-bond acceptors (Lipinski definition) is 6. The second-order valence-corrected chi connectivity index (χ2v) is 12.6. The minimum absolute atomic E-state index is 0.0313. The molecular weight excluding hydrogens is 536 g/mol. The van der Waals surface area contributed by atoms with Gasteiger partial charge in [-0.25, -0.2) is 0 Å². The number of rotatable bonds is 15. The van der Waals surface area contributed by atoms with Crippen LogP contribution in [0.15, 0.2) is 49.6 Å². The Labute approximate surface area is 240 Å². The van der Waals surface area contributed by atoms with E-state index in [1.807, 2.05) is 0 Å². The molecule has 5 atom stereocenters. The van der Waals surface area contributed by atoms with Gasteiger partial charge in [0.25, 0.3) is 5.91 Å². The van der Waals surface area contributed by atoms with Crippen molar-refractivity contribution in [3.8, 4) is 0 Å². The second-order valence-electron chi connectivity index (χ2n) is 10.5. The number of anilines is 1. The van der Waals surface area contributed by atoms with Crippen molar-refractivity contribution in [2.24, 2.45) is 11.8 Å². The summed E-state index contributed by atoms with van der Waals surface area (Å²) in [5.74, 6) is -1.72. The first kappa shape index (κ1) is 29.7. The van der Waals surface area contributed by atoms with E-state index >= 15 is 0 Å². The molecule has 1 aromatic carbocycles. The lowest BCUT2D eigenvalue weighted by molar-refractivity contribution is -0.154. The molecule has 212 valence electrons. The van der Waals surface area contributed by atoms with E-state index in [4.69, 9.17) is 21.4 Å². The van der Waals surface area contributed by atoms with Crippen LogP contribution in [0.4, 0.5) is 5.69 Å². The topological polar surface area (TPSA) is 87.2 Å². The molecule has 7 nitrogen and oxygen atoms in total. The molecule has 3 aliphatic rings. The lowest BCUT2D eigenvalue weighted by atomic mass is 9.71. The van der Waals surface area contributed by atoms with Gasteiger partial charge in [0, 0.05) is 35.7 Å². The summed E-state index contributed by atoms with van der Waals surface area (Å²) in [6.45, 7) is 8.74. The van der Waals surface area contributed by atoms with Crippen molar-refractivity contribution >= 4 is 46.8 Å². The highest BCUT2D eigenvalue weighted by atomic mass is 35.5. The maximum absolute atomic E-state index is 14.4. The Morgan fingerprint density at radius 3 is 2.59 bits per heavy atom. The number of benzene rings is 1. The number of esters is 1. The van der Waals surface area contributed by atoms with Crippen molar-refractivity contribution in [2.45, 2.75) is 67.4 Å². The number of hydrogen-bond donors (Lipinski definition) is 1. The highest BCUT2D eigenvalue weighted by molar-refractivity contribution is 8.02. The lowest BCUT2D eigenvalue weighted by Gasteiger charge is -2.37. The maximum atomic E-state index is 14.4. The fraction of sp³-hybridized carbons (Fsp3) is 0.567. The van der Waals surface area contributed by atoms with E-state index < -0.39 is 22.6 Å². The monoisotopic (exact) mass is 574 g/mol. The molecule has 0 aromatic heterocycles. The van der Waals surface area contributed by atoms with Gasteiger partial charge in [-0.1, -0.05) is 36.6 Å². The summed E-state index contributed by atoms with van der Waals surface area (Å²) >= 11 is 7.76. The first-order valence-electron chi connectivity index (χ1n) is 13.9. The summed E-state index contributed by atoms with van der Waals surface area (Å²) in [4.78, 5) is 45.3. The molecule has 9 heteroatoms. The number of allylic oxidation sites excluding steroid dienone is 1. The van der Waals surface area contributed by atoms with Crippen LogP contribution in [0.25, 0.3) is 0 Å². The van der Waals surface area contributed by atoms with Crippen LogP contribution in [0, 0.1) is 11.8 Å². The van der Waals surface area contributed by atoms with Gasteiger partial charge in [-0.15, -0.1) is 24.9 Å². The summed E-state index contributed by atoms with van der Waals surface area (Å²) in [5, 5.41) is 9.68. The molecule has 1 aromatic rings. The minimum Gasteiger partial charge on any atom is -0.465 e. The van der Waals surface area contributed by atoms with Crippen LogP contribution in [-0.2, 0) is 19.1 Å². The van der Waals surface area contributed by atoms with Gasteiger partial charge in [-0.2, -0.15) is 0 Å². The zero-order valence-electron chi connectivity index (χ0n) is 22.4. The summed E-state index contributed by atoms with van der Waals surface area (Å²) in [7, 11) is 0. The molecule has 0 radical (unpaired) electrons. The number of unbranched alkanes of at least 4 members (excludes halogenated alkanes) is 4. The van der Waals surface area contributed by atoms with Crippen molar-refractivity contribution in [1.82, 2.24) is 4.90 Å². The van der Waals surface area contributed by atoms with E-state index in [-0.39, 0.29) is 29.6 Å². The largest absolute Gasteiger partial charge is 0.465 e. The Morgan fingerprint density at radius 2 is 1.90 bits per heavy atom. The molecule has 2 unspecified atom stereocenters. The number of nitrogens with zero attached hydrogens (tertiary/aromatic N) is 2. The van der Waals surface area contributed by atoms with Gasteiger partial charge in [0.15, 0.2) is 0 Å². The standard InChI is InChI=1S/C30H39ClN2O5S/c1-3-5-10-20-38-29(37)24-23-15-16-30(39-23)25(24)27(35)33(18-8-6-7-9-19-34)26(30)28(36)32(17-4-2)22-13-11-21(31)12-14-22/h3-4,11-14,23-26,34H,1-2,5-10,15-20H2/t23-,24+,25-,26?,30?/m0/s1. The van der Waals surface area contributed by atoms with Crippen LogP contribution >= 0.6 is 23.4 Å². The number of aliphatic hydroxyl groups excluding tert-OH is 1. The average Bonchev–Trinajstić information content (AvgIpc) is 3.57. The molecule has 3 heterocycles. The molecule has 0 saturated carbocycles. The molecule has 4 rings (SSSR count). The van der Waals surface area contributed by atoms with Gasteiger partial charge in [-0.05, 0) is 62.8 Å². The number of thioether (sulfide) groups is 1. The molecule has 3 saturated heterocycles. The molecule has 3 aliphatic heterocycles. The molecule has 3 fully saturated rings. The summed E-state index contributed by atoms with van der Waals surface area (Å²) in [6.07, 6.45) is 9.55. The van der Waals surface area contributed by atoms with Crippen LogP contribution < -0.4 is 4.90 Å². The highest BCUT2D eigenvalue weighted by Crippen LogP contribution is 2.66. The van der Waals surface area contributed by atoms with Crippen molar-refractivity contribution in [1.29, 1.82) is 0 Å². The predicted molar refractivity (Wildman–Crippen MR) is 156 cm³/mol. The molecule has 0 aliphatic carbocycles. The van der Waals surface area contributed by atoms with Crippen LogP contribution in [-0.4, -0.2) is 70.1 Å². The van der Waals surface area contributed by atoms with Gasteiger partial charge in [0.1, 0.15) is 6.04 Å². The van der Waals surface area contributed by atoms with E-state index in [1.54, 1.807) is 58.0 Å². The molecular formula is C30H39ClN2O5S. The number of carbonyl (C=O) groups is 3. The highest BCUT2D eigenvalue weighted by Gasteiger charge is 2.74. The van der Waals surface area contributed by atoms with E-state index in [9.17, 15) is 14.4 Å². The van der Waals surface area contributed by atoms with Crippen LogP contribution in [0.1, 0.15) is 51.4 Å². The third-order valence-corrected chi connectivity index (χ3v) is 10.3. The van der Waals surface area contributed by atoms with E-state index in [0.717, 1.165) is 32.1 Å². The summed E-state index contributed by atoms with van der Waals surface area (Å²) < 4.78 is 4.98. The van der Waals surface area contributed by atoms with E-state index in [1.165, 1.54) is 0 Å². The van der Waals surface area contributed by atoms with Gasteiger partial charge in [0.05, 0.1) is 23.2 Å². The number of carbonyl (C=O) groups excluding carboxylic acids is 3.